The van der Waals surface area contributed by atoms with E-state index in [1.54, 1.807) is 13.0 Å². The molecule has 0 atom stereocenters. The lowest BCUT2D eigenvalue weighted by Gasteiger charge is -2.13. The minimum Gasteiger partial charge on any atom is -0.504 e. The molecule has 2 N–H and O–H groups in total. The molecule has 0 bridgehead atoms. The molecule has 8 nitrogen and oxygen atoms in total. The molecule has 23 heavy (non-hydrogen) atoms. The number of nitro groups is 1. The second-order valence-electron chi connectivity index (χ2n) is 4.57. The number of H-pyrrole nitrogens is 1. The first-order valence-corrected chi connectivity index (χ1v) is 6.99. The Morgan fingerprint density at radius 2 is 2.13 bits per heavy atom. The van der Waals surface area contributed by atoms with E-state index in [0.29, 0.717) is 5.69 Å². The van der Waals surface area contributed by atoms with Crippen LogP contribution in [0.2, 0.25) is 0 Å². The van der Waals surface area contributed by atoms with Crippen LogP contribution in [0.25, 0.3) is 11.1 Å². The Balaban J connectivity index is 3.00. The summed E-state index contributed by atoms with van der Waals surface area (Å²) in [6, 6.07) is 4.24. The molecule has 2 aromatic rings. The first-order valence-electron chi connectivity index (χ1n) is 6.20. The molecular weight excluding hydrogens is 370 g/mol. The van der Waals surface area contributed by atoms with Crippen LogP contribution in [0.5, 0.6) is 11.5 Å². The van der Waals surface area contributed by atoms with Crippen molar-refractivity contribution in [3.63, 3.8) is 0 Å². The molecule has 0 aliphatic heterocycles. The lowest BCUT2D eigenvalue weighted by atomic mass is 9.99. The number of nitriles is 1. The predicted octanol–water partition coefficient (Wildman–Crippen LogP) is 2.61. The van der Waals surface area contributed by atoms with Gasteiger partial charge in [-0.25, -0.2) is 0 Å². The smallest absolute Gasteiger partial charge is 0.288 e. The van der Waals surface area contributed by atoms with Gasteiger partial charge in [-0.05, 0) is 28.9 Å². The van der Waals surface area contributed by atoms with Crippen LogP contribution in [0.4, 0.5) is 5.69 Å². The second-order valence-corrected chi connectivity index (χ2v) is 5.37. The SMILES string of the molecule is COc1cc([N+](=O)[O-])c(Br)c(-c2cc(C)[nH]c(=O)c2C#N)c1O. The average Bonchev–Trinajstić information content (AvgIpc) is 2.46. The van der Waals surface area contributed by atoms with Crippen LogP contribution in [-0.2, 0) is 0 Å². The third-order valence-corrected chi connectivity index (χ3v) is 3.95. The molecular formula is C14H10BrN3O5. The van der Waals surface area contributed by atoms with Gasteiger partial charge in [0.25, 0.3) is 11.2 Å². The Hall–Kier alpha value is -2.86. The van der Waals surface area contributed by atoms with Gasteiger partial charge in [0.2, 0.25) is 0 Å². The Kier molecular flexibility index (Phi) is 4.38. The minimum absolute atomic E-state index is 0.0534. The summed E-state index contributed by atoms with van der Waals surface area (Å²) >= 11 is 3.07. The Bertz CT molecular complexity index is 914. The molecule has 0 radical (unpaired) electrons. The van der Waals surface area contributed by atoms with Crippen molar-refractivity contribution in [1.29, 1.82) is 5.26 Å². The molecule has 2 rings (SSSR count). The number of benzene rings is 1. The summed E-state index contributed by atoms with van der Waals surface area (Å²) in [5.41, 5.74) is -0.840. The summed E-state index contributed by atoms with van der Waals surface area (Å²) in [4.78, 5) is 24.9. The van der Waals surface area contributed by atoms with Gasteiger partial charge in [0.05, 0.1) is 23.7 Å². The highest BCUT2D eigenvalue weighted by atomic mass is 79.9. The number of aromatic hydroxyl groups is 1. The van der Waals surface area contributed by atoms with E-state index in [9.17, 15) is 25.3 Å². The number of hydrogen-bond donors (Lipinski definition) is 2. The highest BCUT2D eigenvalue weighted by molar-refractivity contribution is 9.10. The van der Waals surface area contributed by atoms with E-state index in [1.807, 2.05) is 0 Å². The van der Waals surface area contributed by atoms with Crippen molar-refractivity contribution in [1.82, 2.24) is 4.98 Å². The fourth-order valence-electron chi connectivity index (χ4n) is 2.14. The molecule has 1 heterocycles. The maximum atomic E-state index is 11.9. The zero-order chi connectivity index (χ0) is 17.3. The summed E-state index contributed by atoms with van der Waals surface area (Å²) in [5, 5.41) is 30.7. The Morgan fingerprint density at radius 3 is 2.65 bits per heavy atom. The molecule has 0 amide bonds. The zero-order valence-electron chi connectivity index (χ0n) is 12.0. The van der Waals surface area contributed by atoms with Gasteiger partial charge in [0.15, 0.2) is 11.5 Å². The van der Waals surface area contributed by atoms with Crippen LogP contribution in [0, 0.1) is 28.4 Å². The molecule has 0 aliphatic rings. The number of phenols is 1. The molecule has 118 valence electrons. The number of nitrogens with one attached hydrogen (secondary N) is 1. The van der Waals surface area contributed by atoms with Gasteiger partial charge < -0.3 is 14.8 Å². The molecule has 0 saturated carbocycles. The Morgan fingerprint density at radius 1 is 1.48 bits per heavy atom. The van der Waals surface area contributed by atoms with Crippen molar-refractivity contribution >= 4 is 21.6 Å². The maximum Gasteiger partial charge on any atom is 0.288 e. The molecule has 0 unspecified atom stereocenters. The summed E-state index contributed by atoms with van der Waals surface area (Å²) in [5.74, 6) is -0.553. The van der Waals surface area contributed by atoms with E-state index < -0.39 is 16.2 Å². The Labute approximate surface area is 138 Å². The van der Waals surface area contributed by atoms with Crippen LogP contribution in [0.15, 0.2) is 21.4 Å². The minimum atomic E-state index is -0.665. The van der Waals surface area contributed by atoms with Crippen molar-refractivity contribution < 1.29 is 14.8 Å². The zero-order valence-corrected chi connectivity index (χ0v) is 13.6. The number of nitro benzene ring substituents is 1. The van der Waals surface area contributed by atoms with E-state index in [-0.39, 0.29) is 32.6 Å². The van der Waals surface area contributed by atoms with E-state index in [2.05, 4.69) is 20.9 Å². The first kappa shape index (κ1) is 16.5. The summed E-state index contributed by atoms with van der Waals surface area (Å²) in [6.07, 6.45) is 0. The third-order valence-electron chi connectivity index (χ3n) is 3.15. The van der Waals surface area contributed by atoms with Crippen molar-refractivity contribution in [3.05, 3.63) is 48.3 Å². The van der Waals surface area contributed by atoms with E-state index in [0.717, 1.165) is 6.07 Å². The molecule has 0 fully saturated rings. The number of methoxy groups -OCH3 is 1. The van der Waals surface area contributed by atoms with Crippen molar-refractivity contribution in [3.8, 4) is 28.7 Å². The number of ether oxygens (including phenoxy) is 1. The third kappa shape index (κ3) is 2.76. The van der Waals surface area contributed by atoms with Gasteiger partial charge in [-0.3, -0.25) is 14.9 Å². The normalized spacial score (nSPS) is 10.2. The predicted molar refractivity (Wildman–Crippen MR) is 84.5 cm³/mol. The number of hydrogen-bond acceptors (Lipinski definition) is 6. The number of nitrogens with zero attached hydrogens (tertiary/aromatic N) is 2. The van der Waals surface area contributed by atoms with Crippen molar-refractivity contribution in [2.75, 3.05) is 7.11 Å². The number of aromatic amines is 1. The van der Waals surface area contributed by atoms with Crippen LogP contribution >= 0.6 is 15.9 Å². The number of aromatic nitrogens is 1. The fraction of sp³-hybridized carbons (Fsp3) is 0.143. The molecule has 0 spiro atoms. The number of pyridine rings is 1. The van der Waals surface area contributed by atoms with Crippen LogP contribution in [-0.4, -0.2) is 22.1 Å². The molecule has 0 saturated heterocycles. The lowest BCUT2D eigenvalue weighted by molar-refractivity contribution is -0.385. The summed E-state index contributed by atoms with van der Waals surface area (Å²) in [7, 11) is 1.24. The first-order chi connectivity index (χ1) is 10.8. The molecule has 9 heteroatoms. The second kappa shape index (κ2) is 6.10. The van der Waals surface area contributed by atoms with Gasteiger partial charge in [0, 0.05) is 11.3 Å². The van der Waals surface area contributed by atoms with Gasteiger partial charge in [-0.15, -0.1) is 0 Å². The highest BCUT2D eigenvalue weighted by Gasteiger charge is 2.27. The van der Waals surface area contributed by atoms with E-state index in [4.69, 9.17) is 4.74 Å². The van der Waals surface area contributed by atoms with Crippen LogP contribution < -0.4 is 10.3 Å². The van der Waals surface area contributed by atoms with E-state index in [1.165, 1.54) is 13.2 Å². The van der Waals surface area contributed by atoms with Gasteiger partial charge >= 0.3 is 0 Å². The fourth-order valence-corrected chi connectivity index (χ4v) is 2.80. The molecule has 0 aliphatic carbocycles. The lowest BCUT2D eigenvalue weighted by Crippen LogP contribution is -2.13. The van der Waals surface area contributed by atoms with Crippen LogP contribution in [0.1, 0.15) is 11.3 Å². The van der Waals surface area contributed by atoms with E-state index >= 15 is 0 Å². The summed E-state index contributed by atoms with van der Waals surface area (Å²) < 4.78 is 4.89. The molecule has 1 aromatic carbocycles. The largest absolute Gasteiger partial charge is 0.504 e. The topological polar surface area (TPSA) is 129 Å². The number of aryl methyl sites for hydroxylation is 1. The maximum absolute atomic E-state index is 11.9. The summed E-state index contributed by atoms with van der Waals surface area (Å²) in [6.45, 7) is 1.59. The number of phenolic OH excluding ortho intramolecular Hbond substituents is 1. The quantitative estimate of drug-likeness (QED) is 0.622. The number of halogens is 1. The standard InChI is InChI=1S/C14H10BrN3O5/c1-6-3-7(8(5-16)14(20)17-6)11-12(15)9(18(21)22)4-10(23-2)13(11)19/h3-4,19H,1-2H3,(H,17,20). The molecule has 1 aromatic heterocycles. The highest BCUT2D eigenvalue weighted by Crippen LogP contribution is 2.47. The van der Waals surface area contributed by atoms with Gasteiger partial charge in [-0.2, -0.15) is 5.26 Å². The van der Waals surface area contributed by atoms with Gasteiger partial charge in [-0.1, -0.05) is 0 Å². The average molecular weight is 380 g/mol. The van der Waals surface area contributed by atoms with Gasteiger partial charge in [0.1, 0.15) is 16.1 Å². The monoisotopic (exact) mass is 379 g/mol. The van der Waals surface area contributed by atoms with Crippen molar-refractivity contribution in [2.45, 2.75) is 6.92 Å². The van der Waals surface area contributed by atoms with Crippen LogP contribution in [0.3, 0.4) is 0 Å². The van der Waals surface area contributed by atoms with Crippen molar-refractivity contribution in [2.24, 2.45) is 0 Å². The number of rotatable bonds is 3.